The molecule has 0 radical (unpaired) electrons. The van der Waals surface area contributed by atoms with Gasteiger partial charge in [0.25, 0.3) is 0 Å². The van der Waals surface area contributed by atoms with Crippen LogP contribution in [0.1, 0.15) is 44.6 Å². The van der Waals surface area contributed by atoms with Crippen molar-refractivity contribution in [1.82, 2.24) is 4.90 Å². The maximum atomic E-state index is 12.6. The van der Waals surface area contributed by atoms with Gasteiger partial charge in [-0.1, -0.05) is 37.3 Å². The summed E-state index contributed by atoms with van der Waals surface area (Å²) in [7, 11) is 0. The number of esters is 1. The van der Waals surface area contributed by atoms with Gasteiger partial charge < -0.3 is 19.5 Å². The van der Waals surface area contributed by atoms with E-state index in [0.717, 1.165) is 24.2 Å². The van der Waals surface area contributed by atoms with E-state index in [1.54, 1.807) is 0 Å². The Balaban J connectivity index is 1.54. The minimum absolute atomic E-state index is 0.0222. The molecular formula is C25H29NO6. The van der Waals surface area contributed by atoms with Crippen LogP contribution in [0.15, 0.2) is 54.6 Å². The van der Waals surface area contributed by atoms with E-state index >= 15 is 0 Å². The number of benzene rings is 2. The maximum absolute atomic E-state index is 12.6. The highest BCUT2D eigenvalue weighted by atomic mass is 16.6. The molecule has 1 aliphatic carbocycles. The van der Waals surface area contributed by atoms with Crippen molar-refractivity contribution >= 4 is 18.0 Å². The van der Waals surface area contributed by atoms with E-state index in [1.807, 2.05) is 61.5 Å². The molecule has 1 aliphatic rings. The number of hydrogen-bond acceptors (Lipinski definition) is 5. The third kappa shape index (κ3) is 6.57. The average molecular weight is 440 g/mol. The Hall–Kier alpha value is -3.35. The van der Waals surface area contributed by atoms with Gasteiger partial charge in [-0.25, -0.2) is 4.79 Å². The lowest BCUT2D eigenvalue weighted by Crippen LogP contribution is -2.39. The Morgan fingerprint density at radius 1 is 1.00 bits per heavy atom. The molecule has 0 heterocycles. The average Bonchev–Trinajstić information content (AvgIpc) is 2.74. The Labute approximate surface area is 187 Å². The SMILES string of the molecule is CCCN(Cc1ccc(Oc2ccccc2)cc1)C(=O)OC(=O)C1CCC1CCC(=O)O. The fraction of sp³-hybridized carbons (Fsp3) is 0.400. The van der Waals surface area contributed by atoms with Gasteiger partial charge in [0.05, 0.1) is 5.92 Å². The third-order valence-corrected chi connectivity index (χ3v) is 5.66. The van der Waals surface area contributed by atoms with Crippen molar-refractivity contribution in [2.75, 3.05) is 6.54 Å². The molecule has 7 nitrogen and oxygen atoms in total. The Morgan fingerprint density at radius 3 is 2.28 bits per heavy atom. The maximum Gasteiger partial charge on any atom is 0.417 e. The smallest absolute Gasteiger partial charge is 0.417 e. The van der Waals surface area contributed by atoms with Crippen LogP contribution in [0.3, 0.4) is 0 Å². The molecular weight excluding hydrogens is 410 g/mol. The molecule has 2 atom stereocenters. The fourth-order valence-corrected chi connectivity index (χ4v) is 3.77. The predicted octanol–water partition coefficient (Wildman–Crippen LogP) is 5.25. The van der Waals surface area contributed by atoms with Gasteiger partial charge in [-0.15, -0.1) is 0 Å². The number of carbonyl (C=O) groups is 3. The first kappa shape index (κ1) is 23.3. The molecule has 170 valence electrons. The zero-order valence-electron chi connectivity index (χ0n) is 18.2. The molecule has 32 heavy (non-hydrogen) atoms. The molecule has 2 aromatic carbocycles. The molecule has 0 bridgehead atoms. The highest BCUT2D eigenvalue weighted by molar-refractivity contribution is 5.86. The second-order valence-corrected chi connectivity index (χ2v) is 8.04. The van der Waals surface area contributed by atoms with Gasteiger partial charge in [-0.3, -0.25) is 9.59 Å². The number of aliphatic carboxylic acids is 1. The first-order valence-corrected chi connectivity index (χ1v) is 11.0. The Kier molecular flexibility index (Phi) is 8.25. The van der Waals surface area contributed by atoms with Crippen molar-refractivity contribution in [1.29, 1.82) is 0 Å². The van der Waals surface area contributed by atoms with Crippen LogP contribution in [0, 0.1) is 11.8 Å². The number of rotatable bonds is 10. The summed E-state index contributed by atoms with van der Waals surface area (Å²) in [5, 5.41) is 8.83. The Bertz CT molecular complexity index is 912. The van der Waals surface area contributed by atoms with Gasteiger partial charge >= 0.3 is 18.0 Å². The van der Waals surface area contributed by atoms with Gasteiger partial charge in [0, 0.05) is 19.5 Å². The van der Waals surface area contributed by atoms with E-state index in [0.29, 0.717) is 31.7 Å². The number of carboxylic acids is 1. The lowest BCUT2D eigenvalue weighted by Gasteiger charge is -2.34. The number of para-hydroxylation sites is 1. The summed E-state index contributed by atoms with van der Waals surface area (Å²) in [6.07, 6.45) is 1.94. The van der Waals surface area contributed by atoms with Gasteiger partial charge in [0.15, 0.2) is 0 Å². The van der Waals surface area contributed by atoms with E-state index in [2.05, 4.69) is 0 Å². The molecule has 7 heteroatoms. The van der Waals surface area contributed by atoms with Crippen molar-refractivity contribution in [3.8, 4) is 11.5 Å². The summed E-state index contributed by atoms with van der Waals surface area (Å²) in [6.45, 7) is 2.73. The predicted molar refractivity (Wildman–Crippen MR) is 118 cm³/mol. The zero-order chi connectivity index (χ0) is 22.9. The highest BCUT2D eigenvalue weighted by Crippen LogP contribution is 2.38. The van der Waals surface area contributed by atoms with E-state index in [1.165, 1.54) is 4.90 Å². The van der Waals surface area contributed by atoms with Crippen LogP contribution < -0.4 is 4.74 Å². The van der Waals surface area contributed by atoms with Crippen LogP contribution in [-0.2, 0) is 20.9 Å². The molecule has 2 aromatic rings. The molecule has 0 saturated heterocycles. The molecule has 3 rings (SSSR count). The van der Waals surface area contributed by atoms with Crippen LogP contribution in [-0.4, -0.2) is 34.6 Å². The highest BCUT2D eigenvalue weighted by Gasteiger charge is 2.39. The molecule has 2 unspecified atom stereocenters. The number of carbonyl (C=O) groups excluding carboxylic acids is 2. The minimum Gasteiger partial charge on any atom is -0.481 e. The Morgan fingerprint density at radius 2 is 1.69 bits per heavy atom. The number of nitrogens with zero attached hydrogens (tertiary/aromatic N) is 1. The second kappa shape index (κ2) is 11.3. The quantitative estimate of drug-likeness (QED) is 0.402. The van der Waals surface area contributed by atoms with Crippen molar-refractivity contribution in [3.63, 3.8) is 0 Å². The molecule has 1 N–H and O–H groups in total. The number of hydrogen-bond donors (Lipinski definition) is 1. The summed E-state index contributed by atoms with van der Waals surface area (Å²) in [5.41, 5.74) is 0.895. The number of amides is 1. The molecule has 0 aromatic heterocycles. The summed E-state index contributed by atoms with van der Waals surface area (Å²) < 4.78 is 10.9. The standard InChI is InChI=1S/C25H29NO6/c1-2-16-26(25(30)32-24(29)22-14-10-19(22)11-15-23(27)28)17-18-8-12-21(13-9-18)31-20-6-4-3-5-7-20/h3-9,12-13,19,22H,2,10-11,14-17H2,1H3,(H,27,28). The van der Waals surface area contributed by atoms with Crippen molar-refractivity contribution in [2.24, 2.45) is 11.8 Å². The summed E-state index contributed by atoms with van der Waals surface area (Å²) in [6, 6.07) is 16.9. The van der Waals surface area contributed by atoms with Crippen LogP contribution in [0.25, 0.3) is 0 Å². The van der Waals surface area contributed by atoms with Gasteiger partial charge in [0.2, 0.25) is 0 Å². The topological polar surface area (TPSA) is 93.1 Å². The lowest BCUT2D eigenvalue weighted by molar-refractivity contribution is -0.150. The van der Waals surface area contributed by atoms with Crippen LogP contribution >= 0.6 is 0 Å². The first-order valence-electron chi connectivity index (χ1n) is 11.0. The van der Waals surface area contributed by atoms with E-state index < -0.39 is 23.9 Å². The molecule has 1 fully saturated rings. The summed E-state index contributed by atoms with van der Waals surface area (Å²) in [5.74, 6) is -0.414. The third-order valence-electron chi connectivity index (χ3n) is 5.66. The fourth-order valence-electron chi connectivity index (χ4n) is 3.77. The van der Waals surface area contributed by atoms with Crippen molar-refractivity contribution < 1.29 is 29.0 Å². The molecule has 1 amide bonds. The molecule has 0 aliphatic heterocycles. The van der Waals surface area contributed by atoms with Crippen LogP contribution in [0.5, 0.6) is 11.5 Å². The first-order chi connectivity index (χ1) is 15.5. The summed E-state index contributed by atoms with van der Waals surface area (Å²) in [4.78, 5) is 37.3. The summed E-state index contributed by atoms with van der Waals surface area (Å²) >= 11 is 0. The van der Waals surface area contributed by atoms with Gasteiger partial charge in [-0.05, 0) is 61.4 Å². The largest absolute Gasteiger partial charge is 0.481 e. The van der Waals surface area contributed by atoms with E-state index in [4.69, 9.17) is 14.6 Å². The van der Waals surface area contributed by atoms with E-state index in [9.17, 15) is 14.4 Å². The number of ether oxygens (including phenoxy) is 2. The van der Waals surface area contributed by atoms with Crippen LogP contribution in [0.2, 0.25) is 0 Å². The van der Waals surface area contributed by atoms with Crippen molar-refractivity contribution in [3.05, 3.63) is 60.2 Å². The normalized spacial score (nSPS) is 17.2. The van der Waals surface area contributed by atoms with Crippen molar-refractivity contribution in [2.45, 2.75) is 45.6 Å². The molecule has 1 saturated carbocycles. The zero-order valence-corrected chi connectivity index (χ0v) is 18.2. The monoisotopic (exact) mass is 439 g/mol. The van der Waals surface area contributed by atoms with Crippen LogP contribution in [0.4, 0.5) is 4.79 Å². The van der Waals surface area contributed by atoms with E-state index in [-0.39, 0.29) is 12.3 Å². The second-order valence-electron chi connectivity index (χ2n) is 8.04. The number of carboxylic acid groups (broad SMARTS) is 1. The van der Waals surface area contributed by atoms with Gasteiger partial charge in [-0.2, -0.15) is 0 Å². The van der Waals surface area contributed by atoms with Gasteiger partial charge in [0.1, 0.15) is 11.5 Å². The lowest BCUT2D eigenvalue weighted by atomic mass is 9.71. The molecule has 0 spiro atoms. The minimum atomic E-state index is -0.880.